The van der Waals surface area contributed by atoms with Gasteiger partial charge in [-0.2, -0.15) is 5.10 Å². The number of amides is 1. The van der Waals surface area contributed by atoms with Crippen molar-refractivity contribution in [1.82, 2.24) is 14.7 Å². The Morgan fingerprint density at radius 1 is 1.15 bits per heavy atom. The molecule has 2 fully saturated rings. The number of hydrogen-bond donors (Lipinski definition) is 1. The monoisotopic (exact) mass is 353 g/mol. The number of likely N-dealkylation sites (tertiary alicyclic amines) is 1. The Hall–Kier alpha value is -2.63. The lowest BCUT2D eigenvalue weighted by molar-refractivity contribution is -0.141. The lowest BCUT2D eigenvalue weighted by Crippen LogP contribution is -2.46. The van der Waals surface area contributed by atoms with Crippen molar-refractivity contribution in [3.8, 4) is 0 Å². The Bertz CT molecular complexity index is 802. The standard InChI is InChI=1S/C20H23N3O3/c24-19(16-11-21-22(13-16)12-14-6-2-1-3-7-14)23-17-9-5-4-8-15(17)10-18(23)20(25)26/h1-3,6-7,11,13,15,17-18H,4-5,8-10,12H2,(H,25,26)/t15-,17-,18+/m1/s1. The summed E-state index contributed by atoms with van der Waals surface area (Å²) in [6.07, 6.45) is 7.97. The number of fused-ring (bicyclic) bond motifs is 1. The van der Waals surface area contributed by atoms with E-state index >= 15 is 0 Å². The summed E-state index contributed by atoms with van der Waals surface area (Å²) < 4.78 is 1.73. The third-order valence-corrected chi connectivity index (χ3v) is 5.68. The van der Waals surface area contributed by atoms with Crippen molar-refractivity contribution < 1.29 is 14.7 Å². The van der Waals surface area contributed by atoms with E-state index in [2.05, 4.69) is 5.10 Å². The quantitative estimate of drug-likeness (QED) is 0.917. The number of carboxylic acids is 1. The Kier molecular flexibility index (Phi) is 4.49. The van der Waals surface area contributed by atoms with Crippen molar-refractivity contribution in [3.63, 3.8) is 0 Å². The van der Waals surface area contributed by atoms with Gasteiger partial charge in [0.25, 0.3) is 5.91 Å². The van der Waals surface area contributed by atoms with Gasteiger partial charge >= 0.3 is 5.97 Å². The summed E-state index contributed by atoms with van der Waals surface area (Å²) >= 11 is 0. The fourth-order valence-corrected chi connectivity index (χ4v) is 4.45. The van der Waals surface area contributed by atoms with Gasteiger partial charge in [0.1, 0.15) is 6.04 Å². The van der Waals surface area contributed by atoms with Crippen LogP contribution >= 0.6 is 0 Å². The zero-order chi connectivity index (χ0) is 18.1. The number of carboxylic acid groups (broad SMARTS) is 1. The lowest BCUT2D eigenvalue weighted by atomic mass is 9.84. The van der Waals surface area contributed by atoms with Crippen molar-refractivity contribution in [3.05, 3.63) is 53.9 Å². The Morgan fingerprint density at radius 2 is 1.92 bits per heavy atom. The van der Waals surface area contributed by atoms with Gasteiger partial charge in [-0.3, -0.25) is 9.48 Å². The van der Waals surface area contributed by atoms with Gasteiger partial charge in [-0.1, -0.05) is 43.2 Å². The summed E-state index contributed by atoms with van der Waals surface area (Å²) in [6.45, 7) is 0.586. The van der Waals surface area contributed by atoms with E-state index in [9.17, 15) is 14.7 Å². The first-order valence-corrected chi connectivity index (χ1v) is 9.25. The van der Waals surface area contributed by atoms with Gasteiger partial charge in [0.05, 0.1) is 18.3 Å². The molecule has 2 aromatic rings. The van der Waals surface area contributed by atoms with Gasteiger partial charge in [-0.15, -0.1) is 0 Å². The minimum Gasteiger partial charge on any atom is -0.480 e. The van der Waals surface area contributed by atoms with E-state index in [0.717, 1.165) is 31.2 Å². The number of carbonyl (C=O) groups excluding carboxylic acids is 1. The van der Waals surface area contributed by atoms with Crippen LogP contribution in [0, 0.1) is 5.92 Å². The molecule has 1 saturated carbocycles. The van der Waals surface area contributed by atoms with Crippen LogP contribution in [-0.4, -0.2) is 43.7 Å². The number of rotatable bonds is 4. The molecule has 2 aliphatic rings. The zero-order valence-corrected chi connectivity index (χ0v) is 14.6. The molecule has 0 bridgehead atoms. The molecule has 6 heteroatoms. The largest absolute Gasteiger partial charge is 0.480 e. The molecule has 0 unspecified atom stereocenters. The number of nitrogens with zero attached hydrogens (tertiary/aromatic N) is 3. The summed E-state index contributed by atoms with van der Waals surface area (Å²) in [5, 5.41) is 13.9. The zero-order valence-electron chi connectivity index (χ0n) is 14.6. The number of hydrogen-bond acceptors (Lipinski definition) is 3. The predicted molar refractivity (Wildman–Crippen MR) is 95.7 cm³/mol. The average molecular weight is 353 g/mol. The van der Waals surface area contributed by atoms with Gasteiger partial charge in [0.15, 0.2) is 0 Å². The maximum atomic E-state index is 13.1. The summed E-state index contributed by atoms with van der Waals surface area (Å²) in [7, 11) is 0. The maximum Gasteiger partial charge on any atom is 0.326 e. The van der Waals surface area contributed by atoms with Gasteiger partial charge < -0.3 is 10.0 Å². The summed E-state index contributed by atoms with van der Waals surface area (Å²) in [5.74, 6) is -0.788. The smallest absolute Gasteiger partial charge is 0.326 e. The maximum absolute atomic E-state index is 13.1. The summed E-state index contributed by atoms with van der Waals surface area (Å²) in [6, 6.07) is 9.25. The molecule has 2 heterocycles. The van der Waals surface area contributed by atoms with Crippen LogP contribution in [0.1, 0.15) is 48.0 Å². The van der Waals surface area contributed by atoms with Crippen LogP contribution in [0.3, 0.4) is 0 Å². The van der Waals surface area contributed by atoms with Crippen molar-refractivity contribution >= 4 is 11.9 Å². The average Bonchev–Trinajstić information content (AvgIpc) is 3.26. The van der Waals surface area contributed by atoms with Crippen molar-refractivity contribution in [2.45, 2.75) is 50.7 Å². The van der Waals surface area contributed by atoms with Gasteiger partial charge in [0, 0.05) is 12.2 Å². The summed E-state index contributed by atoms with van der Waals surface area (Å²) in [5.41, 5.74) is 1.57. The van der Waals surface area contributed by atoms with E-state index in [1.54, 1.807) is 22.0 Å². The first-order valence-electron chi connectivity index (χ1n) is 9.25. The van der Waals surface area contributed by atoms with Crippen LogP contribution in [0.15, 0.2) is 42.7 Å². The number of aliphatic carboxylic acids is 1. The van der Waals surface area contributed by atoms with Gasteiger partial charge in [0.2, 0.25) is 0 Å². The molecule has 1 aliphatic carbocycles. The second-order valence-corrected chi connectivity index (χ2v) is 7.33. The molecule has 1 aliphatic heterocycles. The van der Waals surface area contributed by atoms with Crippen LogP contribution in [0.5, 0.6) is 0 Å². The highest BCUT2D eigenvalue weighted by Gasteiger charge is 2.47. The first kappa shape index (κ1) is 16.8. The molecule has 1 amide bonds. The number of aromatic nitrogens is 2. The van der Waals surface area contributed by atoms with Crippen molar-refractivity contribution in [2.75, 3.05) is 0 Å². The molecule has 136 valence electrons. The van der Waals surface area contributed by atoms with Crippen LogP contribution in [-0.2, 0) is 11.3 Å². The fourth-order valence-electron chi connectivity index (χ4n) is 4.45. The minimum absolute atomic E-state index is 0.0508. The van der Waals surface area contributed by atoms with Crippen LogP contribution in [0.2, 0.25) is 0 Å². The first-order chi connectivity index (χ1) is 12.6. The topological polar surface area (TPSA) is 75.4 Å². The highest BCUT2D eigenvalue weighted by atomic mass is 16.4. The second-order valence-electron chi connectivity index (χ2n) is 7.33. The molecular formula is C20H23N3O3. The van der Waals surface area contributed by atoms with E-state index in [4.69, 9.17) is 0 Å². The highest BCUT2D eigenvalue weighted by molar-refractivity contribution is 5.97. The Morgan fingerprint density at radius 3 is 2.69 bits per heavy atom. The Labute approximate surface area is 152 Å². The molecule has 1 saturated heterocycles. The van der Waals surface area contributed by atoms with E-state index in [0.29, 0.717) is 24.4 Å². The van der Waals surface area contributed by atoms with Crippen molar-refractivity contribution in [1.29, 1.82) is 0 Å². The normalized spacial score (nSPS) is 25.1. The number of carbonyl (C=O) groups is 2. The van der Waals surface area contributed by atoms with Crippen molar-refractivity contribution in [2.24, 2.45) is 5.92 Å². The molecule has 1 aromatic carbocycles. The fraction of sp³-hybridized carbons (Fsp3) is 0.450. The molecule has 4 rings (SSSR count). The van der Waals surface area contributed by atoms with Gasteiger partial charge in [-0.05, 0) is 30.7 Å². The molecule has 6 nitrogen and oxygen atoms in total. The predicted octanol–water partition coefficient (Wildman–Crippen LogP) is 2.79. The summed E-state index contributed by atoms with van der Waals surface area (Å²) in [4.78, 5) is 26.4. The molecule has 1 aromatic heterocycles. The van der Waals surface area contributed by atoms with Crippen LogP contribution in [0.4, 0.5) is 0 Å². The molecule has 26 heavy (non-hydrogen) atoms. The van der Waals surface area contributed by atoms with E-state index in [1.807, 2.05) is 30.3 Å². The Balaban J connectivity index is 1.55. The van der Waals surface area contributed by atoms with E-state index < -0.39 is 12.0 Å². The SMILES string of the molecule is O=C(O)[C@@H]1C[C@H]2CCCC[C@H]2N1C(=O)c1cnn(Cc2ccccc2)c1. The third kappa shape index (κ3) is 3.11. The van der Waals surface area contributed by atoms with E-state index in [1.165, 1.54) is 0 Å². The minimum atomic E-state index is -0.899. The van der Waals surface area contributed by atoms with E-state index in [-0.39, 0.29) is 11.9 Å². The lowest BCUT2D eigenvalue weighted by Gasteiger charge is -2.32. The second kappa shape index (κ2) is 6.94. The molecule has 1 N–H and O–H groups in total. The molecule has 3 atom stereocenters. The molecule has 0 radical (unpaired) electrons. The third-order valence-electron chi connectivity index (χ3n) is 5.68. The molecule has 0 spiro atoms. The number of benzene rings is 1. The van der Waals surface area contributed by atoms with Crippen LogP contribution < -0.4 is 0 Å². The van der Waals surface area contributed by atoms with Crippen LogP contribution in [0.25, 0.3) is 0 Å². The van der Waals surface area contributed by atoms with Gasteiger partial charge in [-0.25, -0.2) is 4.79 Å². The molecular weight excluding hydrogens is 330 g/mol. The highest BCUT2D eigenvalue weighted by Crippen LogP contribution is 2.40.